The van der Waals surface area contributed by atoms with Crippen LogP contribution in [0.4, 0.5) is 0 Å². The third-order valence-corrected chi connectivity index (χ3v) is 3.92. The number of benzene rings is 1. The van der Waals surface area contributed by atoms with Crippen molar-refractivity contribution in [3.05, 3.63) is 29.3 Å². The van der Waals surface area contributed by atoms with Crippen molar-refractivity contribution in [2.24, 2.45) is 0 Å². The number of ether oxygens (including phenoxy) is 1. The zero-order valence-corrected chi connectivity index (χ0v) is 12.8. The first-order valence-corrected chi connectivity index (χ1v) is 7.61. The minimum atomic E-state index is -0.985. The molecule has 23 heavy (non-hydrogen) atoms. The summed E-state index contributed by atoms with van der Waals surface area (Å²) in [7, 11) is 0. The Morgan fingerprint density at radius 3 is 2.70 bits per heavy atom. The van der Waals surface area contributed by atoms with E-state index in [2.05, 4.69) is 5.32 Å². The highest BCUT2D eigenvalue weighted by molar-refractivity contribution is 6.24. The van der Waals surface area contributed by atoms with Crippen molar-refractivity contribution < 1.29 is 23.9 Å². The number of alkyl halides is 1. The number of imide groups is 2. The minimum absolute atomic E-state index is 0.0828. The third-order valence-electron chi connectivity index (χ3n) is 3.76. The first-order chi connectivity index (χ1) is 11.0. The number of hydrogen-bond donors (Lipinski definition) is 1. The van der Waals surface area contributed by atoms with E-state index in [-0.39, 0.29) is 42.2 Å². The molecule has 0 saturated carbocycles. The van der Waals surface area contributed by atoms with Gasteiger partial charge in [0.2, 0.25) is 11.8 Å². The molecule has 0 radical (unpaired) electrons. The van der Waals surface area contributed by atoms with Gasteiger partial charge in [0.25, 0.3) is 11.8 Å². The van der Waals surface area contributed by atoms with Gasteiger partial charge >= 0.3 is 0 Å². The van der Waals surface area contributed by atoms with E-state index in [0.717, 1.165) is 4.90 Å². The maximum Gasteiger partial charge on any atom is 0.266 e. The Morgan fingerprint density at radius 1 is 1.22 bits per heavy atom. The number of nitrogens with zero attached hydrogens (tertiary/aromatic N) is 1. The summed E-state index contributed by atoms with van der Waals surface area (Å²) in [5.74, 6) is -1.70. The lowest BCUT2D eigenvalue weighted by atomic mass is 10.0. The summed E-state index contributed by atoms with van der Waals surface area (Å²) in [6.07, 6.45) is 0.202. The van der Waals surface area contributed by atoms with E-state index in [9.17, 15) is 19.2 Å². The monoisotopic (exact) mass is 336 g/mol. The molecule has 4 amide bonds. The summed E-state index contributed by atoms with van der Waals surface area (Å²) in [5.41, 5.74) is 0.319. The van der Waals surface area contributed by atoms with Gasteiger partial charge in [-0.25, -0.2) is 0 Å². The van der Waals surface area contributed by atoms with Crippen LogP contribution in [-0.2, 0) is 9.59 Å². The zero-order valence-electron chi connectivity index (χ0n) is 12.0. The number of hydrogen-bond acceptors (Lipinski definition) is 5. The lowest BCUT2D eigenvalue weighted by Gasteiger charge is -2.27. The largest absolute Gasteiger partial charge is 0.491 e. The van der Waals surface area contributed by atoms with Crippen molar-refractivity contribution >= 4 is 35.2 Å². The number of carbonyl (C=O) groups excluding carboxylic acids is 4. The quantitative estimate of drug-likeness (QED) is 0.645. The van der Waals surface area contributed by atoms with Crippen molar-refractivity contribution in [3.8, 4) is 5.75 Å². The Balaban J connectivity index is 1.94. The van der Waals surface area contributed by atoms with Gasteiger partial charge in [-0.2, -0.15) is 0 Å². The van der Waals surface area contributed by atoms with Crippen molar-refractivity contribution in [1.82, 2.24) is 10.2 Å². The molecule has 1 N–H and O–H groups in total. The van der Waals surface area contributed by atoms with Crippen molar-refractivity contribution in [2.75, 3.05) is 12.5 Å². The lowest BCUT2D eigenvalue weighted by molar-refractivity contribution is -0.136. The first kappa shape index (κ1) is 15.5. The molecule has 7 nitrogen and oxygen atoms in total. The standard InChI is InChI=1S/C15H13ClN2O5/c16-6-7-23-10-3-1-2-8-12(10)15(22)18(14(8)21)9-4-5-11(19)17-13(9)20/h1-3,9H,4-7H2,(H,17,19,20). The van der Waals surface area contributed by atoms with E-state index >= 15 is 0 Å². The number of amides is 4. The number of carbonyl (C=O) groups is 4. The fourth-order valence-electron chi connectivity index (χ4n) is 2.75. The Kier molecular flexibility index (Phi) is 4.04. The summed E-state index contributed by atoms with van der Waals surface area (Å²) in [5, 5.41) is 2.15. The molecule has 120 valence electrons. The van der Waals surface area contributed by atoms with Gasteiger partial charge in [0.05, 0.1) is 17.0 Å². The van der Waals surface area contributed by atoms with Gasteiger partial charge in [-0.05, 0) is 18.6 Å². The summed E-state index contributed by atoms with van der Waals surface area (Å²) >= 11 is 5.58. The predicted molar refractivity (Wildman–Crippen MR) is 79.3 cm³/mol. The van der Waals surface area contributed by atoms with Gasteiger partial charge in [0.1, 0.15) is 18.4 Å². The molecule has 1 fully saturated rings. The number of halogens is 1. The highest BCUT2D eigenvalue weighted by Gasteiger charge is 2.45. The molecule has 2 aliphatic heterocycles. The number of nitrogens with one attached hydrogen (secondary N) is 1. The summed E-state index contributed by atoms with van der Waals surface area (Å²) in [6.45, 7) is 0.192. The van der Waals surface area contributed by atoms with E-state index in [1.165, 1.54) is 6.07 Å². The summed E-state index contributed by atoms with van der Waals surface area (Å²) in [4.78, 5) is 49.3. The van der Waals surface area contributed by atoms with Crippen LogP contribution in [0.3, 0.4) is 0 Å². The van der Waals surface area contributed by atoms with Crippen LogP contribution in [0, 0.1) is 0 Å². The topological polar surface area (TPSA) is 92.8 Å². The minimum Gasteiger partial charge on any atom is -0.491 e. The smallest absolute Gasteiger partial charge is 0.266 e. The lowest BCUT2D eigenvalue weighted by Crippen LogP contribution is -2.54. The molecule has 3 rings (SSSR count). The number of fused-ring (bicyclic) bond motifs is 1. The molecule has 0 bridgehead atoms. The normalized spacial score (nSPS) is 20.6. The highest BCUT2D eigenvalue weighted by Crippen LogP contribution is 2.33. The van der Waals surface area contributed by atoms with Crippen LogP contribution in [0.5, 0.6) is 5.75 Å². The van der Waals surface area contributed by atoms with Gasteiger partial charge in [0.15, 0.2) is 0 Å². The predicted octanol–water partition coefficient (Wildman–Crippen LogP) is 0.705. The fraction of sp³-hybridized carbons (Fsp3) is 0.333. The fourth-order valence-corrected chi connectivity index (χ4v) is 2.83. The van der Waals surface area contributed by atoms with Crippen LogP contribution >= 0.6 is 11.6 Å². The van der Waals surface area contributed by atoms with Crippen LogP contribution in [0.1, 0.15) is 33.6 Å². The molecule has 0 spiro atoms. The molecule has 1 saturated heterocycles. The molecule has 8 heteroatoms. The highest BCUT2D eigenvalue weighted by atomic mass is 35.5. The van der Waals surface area contributed by atoms with E-state index in [1.807, 2.05) is 0 Å². The van der Waals surface area contributed by atoms with Gasteiger partial charge in [0, 0.05) is 6.42 Å². The zero-order chi connectivity index (χ0) is 16.6. The summed E-state index contributed by atoms with van der Waals surface area (Å²) < 4.78 is 5.41. The number of rotatable bonds is 4. The van der Waals surface area contributed by atoms with Crippen LogP contribution in [0.25, 0.3) is 0 Å². The van der Waals surface area contributed by atoms with Gasteiger partial charge in [-0.1, -0.05) is 6.07 Å². The van der Waals surface area contributed by atoms with Crippen LogP contribution < -0.4 is 10.1 Å². The SMILES string of the molecule is O=C1CCC(N2C(=O)c3cccc(OCCCl)c3C2=O)C(=O)N1. The first-order valence-electron chi connectivity index (χ1n) is 7.08. The van der Waals surface area contributed by atoms with Crippen molar-refractivity contribution in [1.29, 1.82) is 0 Å². The maximum absolute atomic E-state index is 12.6. The van der Waals surface area contributed by atoms with Gasteiger partial charge < -0.3 is 4.74 Å². The van der Waals surface area contributed by atoms with Crippen molar-refractivity contribution in [3.63, 3.8) is 0 Å². The van der Waals surface area contributed by atoms with E-state index < -0.39 is 29.7 Å². The maximum atomic E-state index is 12.6. The van der Waals surface area contributed by atoms with Crippen LogP contribution in [-0.4, -0.2) is 47.1 Å². The molecule has 0 aliphatic carbocycles. The van der Waals surface area contributed by atoms with E-state index in [1.54, 1.807) is 12.1 Å². The Labute approximate surface area is 136 Å². The molecule has 1 aromatic rings. The van der Waals surface area contributed by atoms with E-state index in [4.69, 9.17) is 16.3 Å². The molecule has 1 aromatic carbocycles. The second kappa shape index (κ2) is 6.00. The van der Waals surface area contributed by atoms with Gasteiger partial charge in [-0.3, -0.25) is 29.4 Å². The molecular weight excluding hydrogens is 324 g/mol. The molecule has 0 aromatic heterocycles. The second-order valence-electron chi connectivity index (χ2n) is 5.16. The summed E-state index contributed by atoms with van der Waals surface area (Å²) in [6, 6.07) is 3.70. The van der Waals surface area contributed by atoms with Crippen molar-refractivity contribution in [2.45, 2.75) is 18.9 Å². The number of piperidine rings is 1. The Morgan fingerprint density at radius 2 is 2.00 bits per heavy atom. The van der Waals surface area contributed by atoms with Crippen LogP contribution in [0.2, 0.25) is 0 Å². The van der Waals surface area contributed by atoms with Gasteiger partial charge in [-0.15, -0.1) is 11.6 Å². The second-order valence-corrected chi connectivity index (χ2v) is 5.54. The Hall–Kier alpha value is -2.41. The van der Waals surface area contributed by atoms with Crippen LogP contribution in [0.15, 0.2) is 18.2 Å². The molecule has 1 unspecified atom stereocenters. The molecule has 2 aliphatic rings. The average Bonchev–Trinajstić information content (AvgIpc) is 2.78. The molecular formula is C15H13ClN2O5. The molecule has 2 heterocycles. The third kappa shape index (κ3) is 2.57. The Bertz CT molecular complexity index is 718. The van der Waals surface area contributed by atoms with E-state index in [0.29, 0.717) is 0 Å². The average molecular weight is 337 g/mol. The molecule has 1 atom stereocenters.